The molecular weight excluding hydrogens is 829 g/mol. The Labute approximate surface area is 370 Å². The van der Waals surface area contributed by atoms with Gasteiger partial charge in [0.25, 0.3) is 0 Å². The number of benzene rings is 4. The van der Waals surface area contributed by atoms with Crippen LogP contribution < -0.4 is 10.6 Å². The van der Waals surface area contributed by atoms with Gasteiger partial charge in [0.1, 0.15) is 11.6 Å². The third kappa shape index (κ3) is 10.6. The number of nitrogens with one attached hydrogen (secondary N) is 2. The van der Waals surface area contributed by atoms with Gasteiger partial charge >= 0.3 is 5.97 Å². The number of ether oxygens (including phenoxy) is 1. The minimum absolute atomic E-state index is 0.00623. The molecule has 12 heteroatoms. The lowest BCUT2D eigenvalue weighted by molar-refractivity contribution is -0.122. The van der Waals surface area contributed by atoms with Crippen molar-refractivity contribution >= 4 is 74.2 Å². The number of pyridine rings is 2. The van der Waals surface area contributed by atoms with E-state index >= 15 is 0 Å². The number of methoxy groups -OCH3 is 1. The highest BCUT2D eigenvalue weighted by atomic mass is 35.5. The lowest BCUT2D eigenvalue weighted by Gasteiger charge is -2.32. The highest BCUT2D eigenvalue weighted by molar-refractivity contribution is 6.42. The molecule has 2 aromatic heterocycles. The third-order valence-corrected chi connectivity index (χ3v) is 13.6. The summed E-state index contributed by atoms with van der Waals surface area (Å²) in [6.07, 6.45) is 11.2. The Morgan fingerprint density at radius 2 is 1.10 bits per heavy atom. The maximum atomic E-state index is 13.8. The predicted molar refractivity (Wildman–Crippen MR) is 243 cm³/mol. The zero-order valence-electron chi connectivity index (χ0n) is 35.0. The molecule has 2 aliphatic carbocycles. The highest BCUT2D eigenvalue weighted by Gasteiger charge is 2.32. The number of fused-ring (bicyclic) bond motifs is 2. The van der Waals surface area contributed by atoms with Crippen LogP contribution in [0.4, 0.5) is 20.2 Å². The highest BCUT2D eigenvalue weighted by Crippen LogP contribution is 2.42. The van der Waals surface area contributed by atoms with Crippen LogP contribution in [-0.4, -0.2) is 34.9 Å². The standard InChI is InChI=1S/C26H27FN2O3.C24H23Cl2FN2O/c1-16(25(30)29-21-5-3-4-19(14-21)26(31)32-2)17-6-8-18(9-7-17)22-12-13-28-24-11-10-20(27)15-23(22)24;1-14(24(30)29-18-7-8-21(25)22(26)13-18)15-2-4-16(5-3-15)19-10-11-28-23-9-6-17(27)12-20(19)23/h3-5,10-18H,6-9H2,1-2H3,(H,29,30);6-16H,2-5H2,1H3,(H,29,30)/t16-,17-,18+;14-,15-,16+/m11/s1. The molecule has 2 aliphatic rings. The second-order valence-electron chi connectivity index (χ2n) is 16.6. The van der Waals surface area contributed by atoms with Crippen LogP contribution in [0.1, 0.15) is 98.5 Å². The Bertz CT molecular complexity index is 2570. The number of carbonyl (C=O) groups excluding carboxylic acids is 3. The first-order valence-electron chi connectivity index (χ1n) is 21.2. The molecule has 2 N–H and O–H groups in total. The molecule has 2 heterocycles. The number of nitrogens with zero attached hydrogens (tertiary/aromatic N) is 2. The molecule has 0 aliphatic heterocycles. The van der Waals surface area contributed by atoms with Crippen molar-refractivity contribution in [3.8, 4) is 0 Å². The van der Waals surface area contributed by atoms with E-state index in [-0.39, 0.29) is 41.2 Å². The van der Waals surface area contributed by atoms with E-state index in [2.05, 4.69) is 20.6 Å². The van der Waals surface area contributed by atoms with Gasteiger partial charge in [-0.15, -0.1) is 0 Å². The molecule has 2 saturated carbocycles. The first kappa shape index (κ1) is 44.6. The first-order chi connectivity index (χ1) is 29.9. The van der Waals surface area contributed by atoms with Crippen LogP contribution in [0.15, 0.2) is 103 Å². The van der Waals surface area contributed by atoms with Gasteiger partial charge in [-0.3, -0.25) is 19.6 Å². The van der Waals surface area contributed by atoms with Crippen LogP contribution in [0.25, 0.3) is 21.8 Å². The topological polar surface area (TPSA) is 110 Å². The molecule has 2 atom stereocenters. The summed E-state index contributed by atoms with van der Waals surface area (Å²) < 4.78 is 32.3. The van der Waals surface area contributed by atoms with Gasteiger partial charge in [-0.25, -0.2) is 13.6 Å². The summed E-state index contributed by atoms with van der Waals surface area (Å²) >= 11 is 12.0. The van der Waals surface area contributed by atoms with E-state index in [1.165, 1.54) is 19.2 Å². The van der Waals surface area contributed by atoms with Crippen LogP contribution in [0.3, 0.4) is 0 Å². The number of esters is 1. The largest absolute Gasteiger partial charge is 0.465 e. The van der Waals surface area contributed by atoms with E-state index in [9.17, 15) is 23.2 Å². The Balaban J connectivity index is 0.000000187. The number of carbonyl (C=O) groups is 3. The van der Waals surface area contributed by atoms with E-state index in [0.29, 0.717) is 44.7 Å². The van der Waals surface area contributed by atoms with Gasteiger partial charge in [-0.2, -0.15) is 0 Å². The van der Waals surface area contributed by atoms with E-state index < -0.39 is 5.97 Å². The molecule has 6 aromatic rings. The smallest absolute Gasteiger partial charge is 0.337 e. The Morgan fingerprint density at radius 3 is 1.56 bits per heavy atom. The summed E-state index contributed by atoms with van der Waals surface area (Å²) in [6.45, 7) is 3.94. The summed E-state index contributed by atoms with van der Waals surface area (Å²) in [4.78, 5) is 46.0. The van der Waals surface area contributed by atoms with Crippen molar-refractivity contribution in [2.45, 2.75) is 77.0 Å². The molecule has 2 amide bonds. The monoisotopic (exact) mass is 878 g/mol. The van der Waals surface area contributed by atoms with Crippen molar-refractivity contribution in [3.05, 3.63) is 142 Å². The normalized spacial score (nSPS) is 19.7. The van der Waals surface area contributed by atoms with E-state index in [0.717, 1.165) is 84.3 Å². The molecule has 2 fully saturated rings. The number of halogens is 4. The van der Waals surface area contributed by atoms with Crippen molar-refractivity contribution in [3.63, 3.8) is 0 Å². The third-order valence-electron chi connectivity index (χ3n) is 12.9. The molecule has 0 unspecified atom stereocenters. The van der Waals surface area contributed by atoms with Gasteiger partial charge in [-0.05, 0) is 171 Å². The minimum atomic E-state index is -0.434. The quantitative estimate of drug-likeness (QED) is 0.140. The number of rotatable bonds is 9. The van der Waals surface area contributed by atoms with Crippen LogP contribution in [0.5, 0.6) is 0 Å². The second kappa shape index (κ2) is 20.2. The maximum Gasteiger partial charge on any atom is 0.337 e. The van der Waals surface area contributed by atoms with Crippen molar-refractivity contribution in [1.82, 2.24) is 9.97 Å². The lowest BCUT2D eigenvalue weighted by atomic mass is 9.73. The molecule has 8 nitrogen and oxygen atoms in total. The van der Waals surface area contributed by atoms with Gasteiger partial charge in [0.2, 0.25) is 11.8 Å². The first-order valence-corrected chi connectivity index (χ1v) is 22.0. The minimum Gasteiger partial charge on any atom is -0.465 e. The molecule has 0 saturated heterocycles. The zero-order valence-corrected chi connectivity index (χ0v) is 36.5. The van der Waals surface area contributed by atoms with E-state index in [4.69, 9.17) is 27.9 Å². The summed E-state index contributed by atoms with van der Waals surface area (Å²) in [6, 6.07) is 25.4. The molecule has 322 valence electrons. The number of amides is 2. The fraction of sp³-hybridized carbons (Fsp3) is 0.340. The van der Waals surface area contributed by atoms with E-state index in [1.807, 2.05) is 26.0 Å². The molecule has 0 radical (unpaired) electrons. The molecular formula is C50H50Cl2F2N4O4. The number of hydrogen-bond acceptors (Lipinski definition) is 6. The maximum absolute atomic E-state index is 13.8. The van der Waals surface area contributed by atoms with Crippen LogP contribution in [0, 0.1) is 35.3 Å². The van der Waals surface area contributed by atoms with Crippen LogP contribution >= 0.6 is 23.2 Å². The predicted octanol–water partition coefficient (Wildman–Crippen LogP) is 12.9. The number of aromatic nitrogens is 2. The summed E-state index contributed by atoms with van der Waals surface area (Å²) in [7, 11) is 1.33. The Kier molecular flexibility index (Phi) is 14.5. The SMILES string of the molecule is COC(=O)c1cccc(NC(=O)[C@H](C)[C@H]2CC[C@@H](c3ccnc4ccc(F)cc43)CC2)c1.C[C@@H](C(=O)Nc1ccc(Cl)c(Cl)c1)[C@H]1CC[C@@H](c2ccnc3ccc(F)cc32)CC1. The average molecular weight is 880 g/mol. The fourth-order valence-corrected chi connectivity index (χ4v) is 9.51. The van der Waals surface area contributed by atoms with Gasteiger partial charge in [-0.1, -0.05) is 43.1 Å². The van der Waals surface area contributed by atoms with Crippen LogP contribution in [0.2, 0.25) is 10.0 Å². The van der Waals surface area contributed by atoms with Crippen molar-refractivity contribution in [2.24, 2.45) is 23.7 Å². The summed E-state index contributed by atoms with van der Waals surface area (Å²) in [5, 5.41) is 8.54. The van der Waals surface area contributed by atoms with Crippen molar-refractivity contribution in [2.75, 3.05) is 17.7 Å². The summed E-state index contributed by atoms with van der Waals surface area (Å²) in [5.41, 5.74) is 5.58. The molecule has 62 heavy (non-hydrogen) atoms. The molecule has 0 bridgehead atoms. The Hall–Kier alpha value is -5.45. The zero-order chi connectivity index (χ0) is 43.9. The molecule has 8 rings (SSSR count). The number of anilines is 2. The van der Waals surface area contributed by atoms with Gasteiger partial charge in [0.15, 0.2) is 0 Å². The van der Waals surface area contributed by atoms with E-state index in [1.54, 1.807) is 79.1 Å². The average Bonchev–Trinajstić information content (AvgIpc) is 3.29. The van der Waals surface area contributed by atoms with Crippen LogP contribution in [-0.2, 0) is 14.3 Å². The van der Waals surface area contributed by atoms with Gasteiger partial charge < -0.3 is 15.4 Å². The van der Waals surface area contributed by atoms with Gasteiger partial charge in [0, 0.05) is 46.4 Å². The lowest BCUT2D eigenvalue weighted by Crippen LogP contribution is -2.29. The van der Waals surface area contributed by atoms with Crippen molar-refractivity contribution < 1.29 is 27.9 Å². The molecule has 4 aromatic carbocycles. The molecule has 0 spiro atoms. The Morgan fingerprint density at radius 1 is 0.613 bits per heavy atom. The fourth-order valence-electron chi connectivity index (χ4n) is 9.21. The van der Waals surface area contributed by atoms with Crippen molar-refractivity contribution in [1.29, 1.82) is 0 Å². The summed E-state index contributed by atoms with van der Waals surface area (Å²) in [5.74, 6) is 0.0609. The second-order valence-corrected chi connectivity index (χ2v) is 17.4. The van der Waals surface area contributed by atoms with Gasteiger partial charge in [0.05, 0.1) is 33.8 Å². The number of hydrogen-bond donors (Lipinski definition) is 2.